The number of hydrogen-bond donors (Lipinski definition) is 1. The lowest BCUT2D eigenvalue weighted by molar-refractivity contribution is -0.122. The molecule has 152 valence electrons. The maximum absolute atomic E-state index is 12.3. The van der Waals surface area contributed by atoms with Crippen molar-refractivity contribution in [3.63, 3.8) is 0 Å². The number of methoxy groups -OCH3 is 2. The van der Waals surface area contributed by atoms with Crippen molar-refractivity contribution in [1.82, 2.24) is 20.3 Å². The molecule has 28 heavy (non-hydrogen) atoms. The summed E-state index contributed by atoms with van der Waals surface area (Å²) in [6.07, 6.45) is 0. The van der Waals surface area contributed by atoms with Crippen LogP contribution in [0.15, 0.2) is 28.8 Å². The zero-order valence-corrected chi connectivity index (χ0v) is 16.7. The Morgan fingerprint density at radius 3 is 2.46 bits per heavy atom. The molecule has 1 aromatic heterocycles. The van der Waals surface area contributed by atoms with Gasteiger partial charge in [0.2, 0.25) is 5.91 Å². The molecule has 2 heterocycles. The molecule has 1 fully saturated rings. The number of nitrogens with zero attached hydrogens (tertiary/aromatic N) is 3. The number of carbonyl (C=O) groups is 1. The second-order valence-corrected chi connectivity index (χ2v) is 6.95. The minimum absolute atomic E-state index is 0.0235. The van der Waals surface area contributed by atoms with Crippen LogP contribution < -0.4 is 14.8 Å². The summed E-state index contributed by atoms with van der Waals surface area (Å²) in [6, 6.07) is 7.61. The Morgan fingerprint density at radius 1 is 1.11 bits per heavy atom. The summed E-state index contributed by atoms with van der Waals surface area (Å²) in [5.41, 5.74) is 1.93. The summed E-state index contributed by atoms with van der Waals surface area (Å²) in [5.74, 6) is 2.19. The molecule has 0 radical (unpaired) electrons. The van der Waals surface area contributed by atoms with Crippen molar-refractivity contribution >= 4 is 5.91 Å². The minimum atomic E-state index is 0.0235. The van der Waals surface area contributed by atoms with Gasteiger partial charge in [-0.05, 0) is 24.6 Å². The van der Waals surface area contributed by atoms with E-state index >= 15 is 0 Å². The molecule has 1 aromatic carbocycles. The van der Waals surface area contributed by atoms with Gasteiger partial charge in [0, 0.05) is 45.3 Å². The molecule has 1 amide bonds. The molecule has 0 bridgehead atoms. The molecular weight excluding hydrogens is 360 g/mol. The van der Waals surface area contributed by atoms with Gasteiger partial charge in [-0.1, -0.05) is 11.2 Å². The van der Waals surface area contributed by atoms with Crippen LogP contribution in [-0.2, 0) is 17.9 Å². The van der Waals surface area contributed by atoms with Crippen LogP contribution in [0.25, 0.3) is 0 Å². The molecule has 3 rings (SSSR count). The molecule has 1 aliphatic heterocycles. The maximum atomic E-state index is 12.3. The number of benzene rings is 1. The quantitative estimate of drug-likeness (QED) is 0.733. The topological polar surface area (TPSA) is 80.1 Å². The monoisotopic (exact) mass is 388 g/mol. The third kappa shape index (κ3) is 5.46. The standard InChI is InChI=1S/C20H28N4O4/c1-15-10-17(22-28-15)13-23-6-8-24(9-7-23)14-20(25)21-12-16-4-5-18(26-2)19(11-16)27-3/h4-5,10-11H,6-9,12-14H2,1-3H3,(H,21,25). The number of amides is 1. The van der Waals surface area contributed by atoms with E-state index < -0.39 is 0 Å². The van der Waals surface area contributed by atoms with Crippen molar-refractivity contribution in [2.24, 2.45) is 0 Å². The van der Waals surface area contributed by atoms with Crippen molar-refractivity contribution < 1.29 is 18.8 Å². The molecule has 1 N–H and O–H groups in total. The summed E-state index contributed by atoms with van der Waals surface area (Å²) in [4.78, 5) is 16.8. The summed E-state index contributed by atoms with van der Waals surface area (Å²) < 4.78 is 15.6. The first-order chi connectivity index (χ1) is 13.6. The van der Waals surface area contributed by atoms with E-state index in [-0.39, 0.29) is 5.91 Å². The summed E-state index contributed by atoms with van der Waals surface area (Å²) in [7, 11) is 3.20. The van der Waals surface area contributed by atoms with Gasteiger partial charge in [-0.3, -0.25) is 14.6 Å². The fourth-order valence-corrected chi connectivity index (χ4v) is 3.28. The molecule has 8 heteroatoms. The first kappa shape index (κ1) is 20.2. The highest BCUT2D eigenvalue weighted by Crippen LogP contribution is 2.27. The van der Waals surface area contributed by atoms with Gasteiger partial charge in [0.1, 0.15) is 5.76 Å². The second kappa shape index (κ2) is 9.57. The number of aryl methyl sites for hydroxylation is 1. The summed E-state index contributed by atoms with van der Waals surface area (Å²) in [5, 5.41) is 7.02. The predicted octanol–water partition coefficient (Wildman–Crippen LogP) is 1.43. The molecule has 2 aromatic rings. The molecule has 0 saturated carbocycles. The maximum Gasteiger partial charge on any atom is 0.234 e. The molecule has 0 unspecified atom stereocenters. The van der Waals surface area contributed by atoms with Gasteiger partial charge in [-0.15, -0.1) is 0 Å². The highest BCUT2D eigenvalue weighted by Gasteiger charge is 2.20. The van der Waals surface area contributed by atoms with E-state index in [2.05, 4.69) is 20.3 Å². The first-order valence-corrected chi connectivity index (χ1v) is 9.42. The van der Waals surface area contributed by atoms with Crippen LogP contribution in [0, 0.1) is 6.92 Å². The smallest absolute Gasteiger partial charge is 0.234 e. The van der Waals surface area contributed by atoms with Gasteiger partial charge in [0.15, 0.2) is 11.5 Å². The van der Waals surface area contributed by atoms with E-state index in [1.807, 2.05) is 31.2 Å². The largest absolute Gasteiger partial charge is 0.493 e. The number of carbonyl (C=O) groups excluding carboxylic acids is 1. The Bertz CT molecular complexity index is 784. The zero-order chi connectivity index (χ0) is 19.9. The number of aromatic nitrogens is 1. The Labute approximate surface area is 165 Å². The minimum Gasteiger partial charge on any atom is -0.493 e. The van der Waals surface area contributed by atoms with Crippen LogP contribution >= 0.6 is 0 Å². The third-order valence-corrected chi connectivity index (χ3v) is 4.83. The fraction of sp³-hybridized carbons (Fsp3) is 0.500. The highest BCUT2D eigenvalue weighted by molar-refractivity contribution is 5.78. The second-order valence-electron chi connectivity index (χ2n) is 6.95. The van der Waals surface area contributed by atoms with Crippen molar-refractivity contribution in [3.8, 4) is 11.5 Å². The van der Waals surface area contributed by atoms with E-state index in [4.69, 9.17) is 14.0 Å². The fourth-order valence-electron chi connectivity index (χ4n) is 3.28. The van der Waals surface area contributed by atoms with Gasteiger partial charge < -0.3 is 19.3 Å². The van der Waals surface area contributed by atoms with Gasteiger partial charge in [0.25, 0.3) is 0 Å². The lowest BCUT2D eigenvalue weighted by atomic mass is 10.2. The Morgan fingerprint density at radius 2 is 1.82 bits per heavy atom. The molecule has 1 saturated heterocycles. The number of ether oxygens (including phenoxy) is 2. The van der Waals surface area contributed by atoms with Crippen LogP contribution in [0.1, 0.15) is 17.0 Å². The zero-order valence-electron chi connectivity index (χ0n) is 16.7. The molecule has 0 spiro atoms. The lowest BCUT2D eigenvalue weighted by Crippen LogP contribution is -2.49. The van der Waals surface area contributed by atoms with E-state index in [9.17, 15) is 4.79 Å². The number of piperazine rings is 1. The molecule has 1 aliphatic rings. The van der Waals surface area contributed by atoms with Crippen molar-refractivity contribution in [3.05, 3.63) is 41.3 Å². The Hall–Kier alpha value is -2.58. The van der Waals surface area contributed by atoms with Crippen LogP contribution in [0.5, 0.6) is 11.5 Å². The number of rotatable bonds is 8. The van der Waals surface area contributed by atoms with Gasteiger partial charge in [-0.25, -0.2) is 0 Å². The first-order valence-electron chi connectivity index (χ1n) is 9.42. The third-order valence-electron chi connectivity index (χ3n) is 4.83. The summed E-state index contributed by atoms with van der Waals surface area (Å²) >= 11 is 0. The predicted molar refractivity (Wildman–Crippen MR) is 104 cm³/mol. The van der Waals surface area contributed by atoms with E-state index in [1.165, 1.54) is 0 Å². The van der Waals surface area contributed by atoms with Crippen LogP contribution in [-0.4, -0.2) is 67.8 Å². The summed E-state index contributed by atoms with van der Waals surface area (Å²) in [6.45, 7) is 7.10. The van der Waals surface area contributed by atoms with Crippen LogP contribution in [0.3, 0.4) is 0 Å². The average Bonchev–Trinajstić information content (AvgIpc) is 3.12. The normalized spacial score (nSPS) is 15.4. The number of nitrogens with one attached hydrogen (secondary N) is 1. The molecule has 0 aliphatic carbocycles. The SMILES string of the molecule is COc1ccc(CNC(=O)CN2CCN(Cc3cc(C)on3)CC2)cc1OC. The van der Waals surface area contributed by atoms with Gasteiger partial charge in [0.05, 0.1) is 26.5 Å². The molecule has 8 nitrogen and oxygen atoms in total. The van der Waals surface area contributed by atoms with E-state index in [0.29, 0.717) is 24.6 Å². The number of hydrogen-bond acceptors (Lipinski definition) is 7. The highest BCUT2D eigenvalue weighted by atomic mass is 16.5. The van der Waals surface area contributed by atoms with Crippen molar-refractivity contribution in [1.29, 1.82) is 0 Å². The van der Waals surface area contributed by atoms with E-state index in [0.717, 1.165) is 49.7 Å². The Balaban J connectivity index is 1.40. The molecular formula is C20H28N4O4. The average molecular weight is 388 g/mol. The van der Waals surface area contributed by atoms with Crippen molar-refractivity contribution in [2.45, 2.75) is 20.0 Å². The Kier molecular flexibility index (Phi) is 6.89. The van der Waals surface area contributed by atoms with Crippen molar-refractivity contribution in [2.75, 3.05) is 46.9 Å². The van der Waals surface area contributed by atoms with Crippen LogP contribution in [0.4, 0.5) is 0 Å². The molecule has 0 atom stereocenters. The lowest BCUT2D eigenvalue weighted by Gasteiger charge is -2.33. The van der Waals surface area contributed by atoms with E-state index in [1.54, 1.807) is 14.2 Å². The van der Waals surface area contributed by atoms with Gasteiger partial charge >= 0.3 is 0 Å². The van der Waals surface area contributed by atoms with Crippen LogP contribution in [0.2, 0.25) is 0 Å². The van der Waals surface area contributed by atoms with Gasteiger partial charge in [-0.2, -0.15) is 0 Å².